The molecule has 0 saturated heterocycles. The van der Waals surface area contributed by atoms with Gasteiger partial charge < -0.3 is 20.7 Å². The smallest absolute Gasteiger partial charge is 0.332 e. The average Bonchev–Trinajstić information content (AvgIpc) is 2.84. The van der Waals surface area contributed by atoms with Gasteiger partial charge in [0.2, 0.25) is 0 Å². The first kappa shape index (κ1) is 13.6. The molecule has 0 aliphatic rings. The normalized spacial score (nSPS) is 11.8. The van der Waals surface area contributed by atoms with Crippen molar-refractivity contribution in [2.45, 2.75) is 12.6 Å². The number of aliphatic carboxylic acids is 1. The first-order valence-electron chi connectivity index (χ1n) is 5.95. The molecule has 0 fully saturated rings. The van der Waals surface area contributed by atoms with Crippen LogP contribution in [0.15, 0.2) is 42.9 Å². The first-order valence-corrected chi connectivity index (χ1v) is 5.95. The number of carboxylic acid groups (broad SMARTS) is 1. The Hall–Kier alpha value is -2.83. The number of guanidine groups is 1. The Labute approximate surface area is 115 Å². The van der Waals surface area contributed by atoms with Gasteiger partial charge in [0.1, 0.15) is 0 Å². The van der Waals surface area contributed by atoms with E-state index in [9.17, 15) is 9.90 Å². The van der Waals surface area contributed by atoms with Crippen LogP contribution in [0.2, 0.25) is 0 Å². The fourth-order valence-corrected chi connectivity index (χ4v) is 1.90. The van der Waals surface area contributed by atoms with Gasteiger partial charge in [-0.3, -0.25) is 5.41 Å². The first-order chi connectivity index (χ1) is 9.58. The van der Waals surface area contributed by atoms with E-state index in [2.05, 4.69) is 10.3 Å². The monoisotopic (exact) mass is 273 g/mol. The number of imidazole rings is 1. The van der Waals surface area contributed by atoms with Crippen LogP contribution in [0.4, 0.5) is 0 Å². The molecule has 7 nitrogen and oxygen atoms in total. The quantitative estimate of drug-likeness (QED) is 0.468. The van der Waals surface area contributed by atoms with E-state index in [1.807, 2.05) is 30.3 Å². The van der Waals surface area contributed by atoms with Gasteiger partial charge in [-0.1, -0.05) is 30.3 Å². The Bertz CT molecular complexity index is 608. The highest BCUT2D eigenvalue weighted by atomic mass is 16.4. The third-order valence-corrected chi connectivity index (χ3v) is 2.78. The summed E-state index contributed by atoms with van der Waals surface area (Å²) in [6.45, 7) is 0.500. The summed E-state index contributed by atoms with van der Waals surface area (Å²) < 4.78 is 1.71. The van der Waals surface area contributed by atoms with Gasteiger partial charge in [-0.25, -0.2) is 9.78 Å². The second kappa shape index (κ2) is 5.87. The van der Waals surface area contributed by atoms with Gasteiger partial charge >= 0.3 is 5.97 Å². The number of carboxylic acids is 1. The van der Waals surface area contributed by atoms with Crippen molar-refractivity contribution in [1.29, 1.82) is 5.41 Å². The summed E-state index contributed by atoms with van der Waals surface area (Å²) in [6, 6.07) is 8.52. The molecule has 1 atom stereocenters. The number of nitrogens with one attached hydrogen (secondary N) is 2. The fourth-order valence-electron chi connectivity index (χ4n) is 1.90. The number of nitrogens with zero attached hydrogens (tertiary/aromatic N) is 2. The molecule has 0 radical (unpaired) electrons. The van der Waals surface area contributed by atoms with Crippen molar-refractivity contribution in [3.8, 4) is 0 Å². The SMILES string of the molecule is N=C(N)NC(C(=O)O)c1cncn1Cc1ccccc1. The molecule has 1 aromatic heterocycles. The Morgan fingerprint density at radius 1 is 1.45 bits per heavy atom. The van der Waals surface area contributed by atoms with Crippen LogP contribution in [-0.2, 0) is 11.3 Å². The largest absolute Gasteiger partial charge is 0.479 e. The number of nitrogens with two attached hydrogens (primary N) is 1. The summed E-state index contributed by atoms with van der Waals surface area (Å²) in [5.74, 6) is -1.51. The second-order valence-electron chi connectivity index (χ2n) is 4.26. The second-order valence-corrected chi connectivity index (χ2v) is 4.26. The minimum absolute atomic E-state index is 0.398. The molecule has 0 aliphatic heterocycles. The molecule has 20 heavy (non-hydrogen) atoms. The zero-order chi connectivity index (χ0) is 14.5. The summed E-state index contributed by atoms with van der Waals surface area (Å²) in [6.07, 6.45) is 3.01. The highest BCUT2D eigenvalue weighted by Crippen LogP contribution is 2.14. The Balaban J connectivity index is 2.26. The lowest BCUT2D eigenvalue weighted by Gasteiger charge is -2.16. The zero-order valence-corrected chi connectivity index (χ0v) is 10.7. The number of hydrogen-bond acceptors (Lipinski definition) is 3. The molecule has 1 heterocycles. The molecule has 0 bridgehead atoms. The van der Waals surface area contributed by atoms with Crippen molar-refractivity contribution < 1.29 is 9.90 Å². The van der Waals surface area contributed by atoms with Crippen LogP contribution < -0.4 is 11.1 Å². The molecule has 0 aliphatic carbocycles. The van der Waals surface area contributed by atoms with Gasteiger partial charge in [-0.2, -0.15) is 0 Å². The molecule has 0 saturated carbocycles. The molecule has 0 amide bonds. The zero-order valence-electron chi connectivity index (χ0n) is 10.7. The molecule has 2 rings (SSSR count). The molecule has 5 N–H and O–H groups in total. The van der Waals surface area contributed by atoms with Crippen LogP contribution in [0.5, 0.6) is 0 Å². The van der Waals surface area contributed by atoms with E-state index >= 15 is 0 Å². The summed E-state index contributed by atoms with van der Waals surface area (Å²) in [7, 11) is 0. The van der Waals surface area contributed by atoms with E-state index in [0.29, 0.717) is 12.2 Å². The van der Waals surface area contributed by atoms with Crippen molar-refractivity contribution in [2.24, 2.45) is 5.73 Å². The van der Waals surface area contributed by atoms with Gasteiger partial charge in [0, 0.05) is 6.54 Å². The van der Waals surface area contributed by atoms with E-state index in [1.165, 1.54) is 6.20 Å². The fraction of sp³-hybridized carbons (Fsp3) is 0.154. The maximum atomic E-state index is 11.3. The van der Waals surface area contributed by atoms with Gasteiger partial charge in [-0.15, -0.1) is 0 Å². The summed E-state index contributed by atoms with van der Waals surface area (Å²) in [5, 5.41) is 18.8. The van der Waals surface area contributed by atoms with Crippen molar-refractivity contribution in [3.05, 3.63) is 54.1 Å². The molecule has 1 unspecified atom stereocenters. The number of aromatic nitrogens is 2. The van der Waals surface area contributed by atoms with E-state index in [1.54, 1.807) is 10.9 Å². The lowest BCUT2D eigenvalue weighted by Crippen LogP contribution is -2.38. The highest BCUT2D eigenvalue weighted by molar-refractivity contribution is 5.83. The van der Waals surface area contributed by atoms with Gasteiger partial charge in [0.15, 0.2) is 12.0 Å². The standard InChI is InChI=1S/C13H15N5O2/c14-13(15)17-11(12(19)20)10-6-16-8-18(10)7-9-4-2-1-3-5-9/h1-6,8,11H,7H2,(H,19,20)(H4,14,15,17). The summed E-state index contributed by atoms with van der Waals surface area (Å²) in [4.78, 5) is 15.3. The molecule has 104 valence electrons. The molecule has 7 heteroatoms. The van der Waals surface area contributed by atoms with Crippen molar-refractivity contribution in [3.63, 3.8) is 0 Å². The predicted octanol–water partition coefficient (Wildman–Crippen LogP) is 0.540. The molecule has 1 aromatic carbocycles. The van der Waals surface area contributed by atoms with Crippen LogP contribution in [0, 0.1) is 5.41 Å². The topological polar surface area (TPSA) is 117 Å². The van der Waals surface area contributed by atoms with Crippen molar-refractivity contribution >= 4 is 11.9 Å². The third-order valence-electron chi connectivity index (χ3n) is 2.78. The predicted molar refractivity (Wildman–Crippen MR) is 73.2 cm³/mol. The Kier molecular flexibility index (Phi) is 3.99. The summed E-state index contributed by atoms with van der Waals surface area (Å²) in [5.41, 5.74) is 6.69. The lowest BCUT2D eigenvalue weighted by atomic mass is 10.2. The van der Waals surface area contributed by atoms with Gasteiger partial charge in [0.05, 0.1) is 18.2 Å². The average molecular weight is 273 g/mol. The minimum atomic E-state index is -1.12. The van der Waals surface area contributed by atoms with Gasteiger partial charge in [-0.05, 0) is 5.56 Å². The van der Waals surface area contributed by atoms with Crippen LogP contribution >= 0.6 is 0 Å². The lowest BCUT2D eigenvalue weighted by molar-refractivity contribution is -0.139. The summed E-state index contributed by atoms with van der Waals surface area (Å²) >= 11 is 0. The van der Waals surface area contributed by atoms with Crippen LogP contribution in [-0.4, -0.2) is 26.6 Å². The maximum Gasteiger partial charge on any atom is 0.332 e. The van der Waals surface area contributed by atoms with E-state index < -0.39 is 18.0 Å². The van der Waals surface area contributed by atoms with Gasteiger partial charge in [0.25, 0.3) is 0 Å². The minimum Gasteiger partial charge on any atom is -0.479 e. The Morgan fingerprint density at radius 3 is 2.75 bits per heavy atom. The van der Waals surface area contributed by atoms with E-state index in [-0.39, 0.29) is 0 Å². The number of benzene rings is 1. The molecular weight excluding hydrogens is 258 g/mol. The Morgan fingerprint density at radius 2 is 2.15 bits per heavy atom. The van der Waals surface area contributed by atoms with E-state index in [4.69, 9.17) is 11.1 Å². The van der Waals surface area contributed by atoms with Crippen LogP contribution in [0.3, 0.4) is 0 Å². The van der Waals surface area contributed by atoms with Crippen LogP contribution in [0.25, 0.3) is 0 Å². The van der Waals surface area contributed by atoms with E-state index in [0.717, 1.165) is 5.56 Å². The highest BCUT2D eigenvalue weighted by Gasteiger charge is 2.23. The third kappa shape index (κ3) is 3.14. The van der Waals surface area contributed by atoms with Crippen molar-refractivity contribution in [2.75, 3.05) is 0 Å². The maximum absolute atomic E-state index is 11.3. The molecule has 2 aromatic rings. The van der Waals surface area contributed by atoms with Crippen LogP contribution in [0.1, 0.15) is 17.3 Å². The number of carbonyl (C=O) groups is 1. The molecular formula is C13H15N5O2. The van der Waals surface area contributed by atoms with Crippen molar-refractivity contribution in [1.82, 2.24) is 14.9 Å². The number of hydrogen-bond donors (Lipinski definition) is 4. The molecule has 0 spiro atoms. The number of rotatable bonds is 5.